The van der Waals surface area contributed by atoms with E-state index in [9.17, 15) is 0 Å². The molecule has 11 heavy (non-hydrogen) atoms. The summed E-state index contributed by atoms with van der Waals surface area (Å²) in [5.74, 6) is 2.54. The molecule has 1 aliphatic carbocycles. The summed E-state index contributed by atoms with van der Waals surface area (Å²) >= 11 is 0. The van der Waals surface area contributed by atoms with Crippen molar-refractivity contribution >= 4 is 0 Å². The minimum absolute atomic E-state index is 0.605. The summed E-state index contributed by atoms with van der Waals surface area (Å²) < 4.78 is 11.1. The summed E-state index contributed by atoms with van der Waals surface area (Å²) in [7, 11) is 0. The van der Waals surface area contributed by atoms with Crippen LogP contribution in [0.2, 0.25) is 0 Å². The van der Waals surface area contributed by atoms with Gasteiger partial charge in [0.25, 0.3) is 0 Å². The third-order valence-corrected chi connectivity index (χ3v) is 3.59. The van der Waals surface area contributed by atoms with Crippen molar-refractivity contribution in [1.29, 1.82) is 0 Å². The fourth-order valence-corrected chi connectivity index (χ4v) is 3.03. The van der Waals surface area contributed by atoms with E-state index >= 15 is 0 Å². The highest BCUT2D eigenvalue weighted by Crippen LogP contribution is 2.46. The van der Waals surface area contributed by atoms with Crippen molar-refractivity contribution in [1.82, 2.24) is 0 Å². The molecule has 0 unspecified atom stereocenters. The molecule has 62 valence electrons. The van der Waals surface area contributed by atoms with Gasteiger partial charge in [0.15, 0.2) is 0 Å². The monoisotopic (exact) mass is 154 g/mol. The van der Waals surface area contributed by atoms with Gasteiger partial charge in [0.2, 0.25) is 0 Å². The van der Waals surface area contributed by atoms with Gasteiger partial charge in [-0.15, -0.1) is 0 Å². The first kappa shape index (κ1) is 6.44. The highest BCUT2D eigenvalue weighted by atomic mass is 16.5. The zero-order chi connectivity index (χ0) is 7.26. The molecule has 0 amide bonds. The Labute approximate surface area is 66.9 Å². The molecule has 3 rings (SSSR count). The van der Waals surface area contributed by atoms with E-state index in [1.165, 1.54) is 12.8 Å². The van der Waals surface area contributed by atoms with Crippen LogP contribution in [-0.4, -0.2) is 25.9 Å². The van der Waals surface area contributed by atoms with Gasteiger partial charge in [-0.3, -0.25) is 0 Å². The Balaban J connectivity index is 1.84. The second-order valence-electron chi connectivity index (χ2n) is 4.06. The Morgan fingerprint density at radius 2 is 2.09 bits per heavy atom. The van der Waals surface area contributed by atoms with Crippen LogP contribution in [0.15, 0.2) is 0 Å². The summed E-state index contributed by atoms with van der Waals surface area (Å²) in [5, 5.41) is 0. The summed E-state index contributed by atoms with van der Waals surface area (Å²) in [5.41, 5.74) is 0. The Hall–Kier alpha value is -0.0800. The standard InChI is InChI=1S/C9H14O2/c1-2-11-9-3-6-4-10-5-8(6)7(1)9/h6-9H,1-5H2/t6-,7+,8+,9-/m1/s1. The highest BCUT2D eigenvalue weighted by molar-refractivity contribution is 4.96. The molecule has 3 fully saturated rings. The zero-order valence-corrected chi connectivity index (χ0v) is 6.66. The van der Waals surface area contributed by atoms with Crippen LogP contribution in [0.5, 0.6) is 0 Å². The minimum atomic E-state index is 0.605. The summed E-state index contributed by atoms with van der Waals surface area (Å²) in [6.45, 7) is 3.01. The van der Waals surface area contributed by atoms with Gasteiger partial charge in [-0.05, 0) is 30.6 Å². The van der Waals surface area contributed by atoms with Crippen LogP contribution in [0.4, 0.5) is 0 Å². The van der Waals surface area contributed by atoms with Gasteiger partial charge in [0, 0.05) is 13.2 Å². The topological polar surface area (TPSA) is 18.5 Å². The van der Waals surface area contributed by atoms with E-state index in [2.05, 4.69) is 0 Å². The van der Waals surface area contributed by atoms with Crippen LogP contribution in [0.1, 0.15) is 12.8 Å². The Morgan fingerprint density at radius 1 is 1.09 bits per heavy atom. The van der Waals surface area contributed by atoms with Crippen LogP contribution >= 0.6 is 0 Å². The third-order valence-electron chi connectivity index (χ3n) is 3.59. The Kier molecular flexibility index (Phi) is 1.29. The summed E-state index contributed by atoms with van der Waals surface area (Å²) in [6.07, 6.45) is 3.17. The molecule has 2 saturated heterocycles. The molecular weight excluding hydrogens is 140 g/mol. The van der Waals surface area contributed by atoms with E-state index in [1.807, 2.05) is 0 Å². The second kappa shape index (κ2) is 2.20. The van der Waals surface area contributed by atoms with E-state index in [0.29, 0.717) is 6.10 Å². The van der Waals surface area contributed by atoms with Gasteiger partial charge >= 0.3 is 0 Å². The van der Waals surface area contributed by atoms with Gasteiger partial charge in [-0.1, -0.05) is 0 Å². The average molecular weight is 154 g/mol. The molecule has 0 radical (unpaired) electrons. The highest BCUT2D eigenvalue weighted by Gasteiger charge is 2.48. The number of ether oxygens (including phenoxy) is 2. The van der Waals surface area contributed by atoms with E-state index in [1.54, 1.807) is 0 Å². The molecule has 3 aliphatic rings. The summed E-state index contributed by atoms with van der Waals surface area (Å²) in [4.78, 5) is 0. The molecule has 2 aliphatic heterocycles. The van der Waals surface area contributed by atoms with Crippen molar-refractivity contribution in [3.63, 3.8) is 0 Å². The average Bonchev–Trinajstić information content (AvgIpc) is 2.52. The molecule has 2 heteroatoms. The number of fused-ring (bicyclic) bond motifs is 3. The van der Waals surface area contributed by atoms with E-state index in [-0.39, 0.29) is 0 Å². The van der Waals surface area contributed by atoms with Crippen LogP contribution in [0.25, 0.3) is 0 Å². The van der Waals surface area contributed by atoms with Crippen molar-refractivity contribution in [2.75, 3.05) is 19.8 Å². The van der Waals surface area contributed by atoms with E-state index in [0.717, 1.165) is 37.6 Å². The Morgan fingerprint density at radius 3 is 3.09 bits per heavy atom. The van der Waals surface area contributed by atoms with Crippen LogP contribution in [0, 0.1) is 17.8 Å². The fourth-order valence-electron chi connectivity index (χ4n) is 3.03. The molecule has 0 aromatic carbocycles. The maximum absolute atomic E-state index is 5.66. The molecule has 0 N–H and O–H groups in total. The summed E-state index contributed by atoms with van der Waals surface area (Å²) in [6, 6.07) is 0. The van der Waals surface area contributed by atoms with E-state index in [4.69, 9.17) is 9.47 Å². The van der Waals surface area contributed by atoms with Gasteiger partial charge in [0.1, 0.15) is 0 Å². The van der Waals surface area contributed by atoms with Crippen LogP contribution in [-0.2, 0) is 9.47 Å². The van der Waals surface area contributed by atoms with Crippen molar-refractivity contribution in [2.45, 2.75) is 18.9 Å². The quantitative estimate of drug-likeness (QED) is 0.519. The minimum Gasteiger partial charge on any atom is -0.381 e. The molecule has 0 aromatic heterocycles. The molecule has 1 saturated carbocycles. The number of hydrogen-bond acceptors (Lipinski definition) is 2. The Bertz CT molecular complexity index is 151. The van der Waals surface area contributed by atoms with E-state index < -0.39 is 0 Å². The van der Waals surface area contributed by atoms with Gasteiger partial charge in [0.05, 0.1) is 12.7 Å². The normalized spacial score (nSPS) is 54.5. The lowest BCUT2D eigenvalue weighted by Crippen LogP contribution is -2.15. The molecule has 4 atom stereocenters. The predicted octanol–water partition coefficient (Wildman–Crippen LogP) is 1.06. The number of rotatable bonds is 0. The third kappa shape index (κ3) is 0.798. The lowest BCUT2D eigenvalue weighted by molar-refractivity contribution is 0.0786. The first-order valence-corrected chi connectivity index (χ1v) is 4.64. The van der Waals surface area contributed by atoms with Gasteiger partial charge < -0.3 is 9.47 Å². The molecule has 2 heterocycles. The van der Waals surface area contributed by atoms with Crippen molar-refractivity contribution < 1.29 is 9.47 Å². The maximum Gasteiger partial charge on any atom is 0.0611 e. The maximum atomic E-state index is 5.66. The van der Waals surface area contributed by atoms with Crippen molar-refractivity contribution in [2.24, 2.45) is 17.8 Å². The van der Waals surface area contributed by atoms with Gasteiger partial charge in [-0.2, -0.15) is 0 Å². The zero-order valence-electron chi connectivity index (χ0n) is 6.66. The molecule has 0 spiro atoms. The first-order valence-electron chi connectivity index (χ1n) is 4.64. The molecule has 2 nitrogen and oxygen atoms in total. The fraction of sp³-hybridized carbons (Fsp3) is 1.00. The predicted molar refractivity (Wildman–Crippen MR) is 40.3 cm³/mol. The lowest BCUT2D eigenvalue weighted by Gasteiger charge is -2.12. The second-order valence-corrected chi connectivity index (χ2v) is 4.06. The van der Waals surface area contributed by atoms with Gasteiger partial charge in [-0.25, -0.2) is 0 Å². The largest absolute Gasteiger partial charge is 0.381 e. The lowest BCUT2D eigenvalue weighted by atomic mass is 9.91. The number of hydrogen-bond donors (Lipinski definition) is 0. The smallest absolute Gasteiger partial charge is 0.0611 e. The molecule has 0 bridgehead atoms. The van der Waals surface area contributed by atoms with Crippen LogP contribution < -0.4 is 0 Å². The van der Waals surface area contributed by atoms with Crippen LogP contribution in [0.3, 0.4) is 0 Å². The molecule has 0 aromatic rings. The van der Waals surface area contributed by atoms with Crippen molar-refractivity contribution in [3.8, 4) is 0 Å². The first-order chi connectivity index (χ1) is 5.45. The SMILES string of the molecule is C1C[C@H]2[C@H]3COC[C@H]3C[C@H]2O1. The van der Waals surface area contributed by atoms with Crippen molar-refractivity contribution in [3.05, 3.63) is 0 Å². The molecular formula is C9H14O2.